The monoisotopic (exact) mass is 284 g/mol. The second-order valence-electron chi connectivity index (χ2n) is 4.88. The quantitative estimate of drug-likeness (QED) is 0.840. The number of fused-ring (bicyclic) bond motifs is 2. The Balaban J connectivity index is 2.43. The predicted molar refractivity (Wildman–Crippen MR) is 75.8 cm³/mol. The van der Waals surface area contributed by atoms with Crippen LogP contribution in [-0.2, 0) is 4.74 Å². The molecule has 2 N–H and O–H groups in total. The van der Waals surface area contributed by atoms with E-state index in [1.807, 2.05) is 0 Å². The number of hydrogen-bond donors (Lipinski definition) is 2. The summed E-state index contributed by atoms with van der Waals surface area (Å²) in [6.07, 6.45) is 1.04. The molecule has 0 heterocycles. The second-order valence-corrected chi connectivity index (χ2v) is 4.88. The van der Waals surface area contributed by atoms with Crippen molar-refractivity contribution in [3.63, 3.8) is 0 Å². The standard InChI is InChI=1S/C16H12O5/c1-7-3-4-8-5-9-13(16(20)12(8)14(7)18)10(17)6-11(21-2)15(9)19/h3-6,18,20H,1-2H3. The Kier molecular flexibility index (Phi) is 2.73. The maximum absolute atomic E-state index is 12.2. The molecule has 5 heteroatoms. The number of carbonyl (C=O) groups is 2. The lowest BCUT2D eigenvalue weighted by Crippen LogP contribution is -2.18. The summed E-state index contributed by atoms with van der Waals surface area (Å²) < 4.78 is 4.89. The maximum atomic E-state index is 12.2. The van der Waals surface area contributed by atoms with Crippen molar-refractivity contribution in [2.75, 3.05) is 7.11 Å². The Morgan fingerprint density at radius 1 is 1.10 bits per heavy atom. The van der Waals surface area contributed by atoms with Crippen molar-refractivity contribution in [1.82, 2.24) is 0 Å². The molecule has 106 valence electrons. The second kappa shape index (κ2) is 4.34. The minimum atomic E-state index is -0.526. The maximum Gasteiger partial charge on any atom is 0.228 e. The molecule has 1 aliphatic carbocycles. The largest absolute Gasteiger partial charge is 0.507 e. The van der Waals surface area contributed by atoms with Gasteiger partial charge in [-0.1, -0.05) is 12.1 Å². The number of phenols is 2. The molecule has 0 aliphatic heterocycles. The van der Waals surface area contributed by atoms with Crippen LogP contribution in [0.5, 0.6) is 11.5 Å². The van der Waals surface area contributed by atoms with Crippen molar-refractivity contribution in [2.45, 2.75) is 6.92 Å². The van der Waals surface area contributed by atoms with Crippen LogP contribution in [0.1, 0.15) is 26.3 Å². The number of aryl methyl sites for hydroxylation is 1. The number of hydrogen-bond acceptors (Lipinski definition) is 5. The van der Waals surface area contributed by atoms with Crippen LogP contribution in [0.2, 0.25) is 0 Å². The topological polar surface area (TPSA) is 83.8 Å². The van der Waals surface area contributed by atoms with E-state index in [1.54, 1.807) is 19.1 Å². The summed E-state index contributed by atoms with van der Waals surface area (Å²) in [5.74, 6) is -1.54. The molecule has 5 nitrogen and oxygen atoms in total. The van der Waals surface area contributed by atoms with Crippen molar-refractivity contribution in [2.24, 2.45) is 0 Å². The number of phenolic OH excluding ortho intramolecular Hbond substituents is 2. The van der Waals surface area contributed by atoms with Gasteiger partial charge in [0.2, 0.25) is 5.78 Å². The van der Waals surface area contributed by atoms with Gasteiger partial charge in [0.15, 0.2) is 11.5 Å². The summed E-state index contributed by atoms with van der Waals surface area (Å²) in [5, 5.41) is 21.1. The number of ether oxygens (including phenoxy) is 1. The number of Topliss-reactive ketones (excluding diaryl/α,β-unsaturated/α-hetero) is 1. The molecule has 0 radical (unpaired) electrons. The van der Waals surface area contributed by atoms with Crippen LogP contribution >= 0.6 is 0 Å². The van der Waals surface area contributed by atoms with E-state index in [0.717, 1.165) is 6.08 Å². The van der Waals surface area contributed by atoms with Gasteiger partial charge < -0.3 is 14.9 Å². The Bertz CT molecular complexity index is 846. The first-order valence-corrected chi connectivity index (χ1v) is 6.28. The Morgan fingerprint density at radius 3 is 2.48 bits per heavy atom. The van der Waals surface area contributed by atoms with Gasteiger partial charge in [0.25, 0.3) is 0 Å². The third-order valence-corrected chi connectivity index (χ3v) is 3.65. The third kappa shape index (κ3) is 1.71. The zero-order valence-corrected chi connectivity index (χ0v) is 11.4. The van der Waals surface area contributed by atoms with Crippen molar-refractivity contribution in [3.05, 3.63) is 46.7 Å². The number of carbonyl (C=O) groups excluding carboxylic acids is 2. The van der Waals surface area contributed by atoms with Gasteiger partial charge in [-0.25, -0.2) is 0 Å². The summed E-state index contributed by atoms with van der Waals surface area (Å²) in [5.41, 5.74) is 0.544. The molecular formula is C16H12O5. The zero-order valence-electron chi connectivity index (χ0n) is 11.4. The summed E-state index contributed by atoms with van der Waals surface area (Å²) in [6.45, 7) is 1.68. The van der Waals surface area contributed by atoms with Crippen LogP contribution in [0.3, 0.4) is 0 Å². The molecule has 0 unspecified atom stereocenters. The van der Waals surface area contributed by atoms with Gasteiger partial charge in [-0.2, -0.15) is 0 Å². The summed E-state index contributed by atoms with van der Waals surface area (Å²) >= 11 is 0. The Hall–Kier alpha value is -2.82. The normalized spacial score (nSPS) is 14.1. The van der Waals surface area contributed by atoms with E-state index in [1.165, 1.54) is 13.2 Å². The van der Waals surface area contributed by atoms with Crippen LogP contribution in [0.25, 0.3) is 10.8 Å². The average molecular weight is 284 g/mol. The molecule has 0 fully saturated rings. The fraction of sp³-hybridized carbons (Fsp3) is 0.125. The first-order chi connectivity index (χ1) is 9.95. The van der Waals surface area contributed by atoms with E-state index < -0.39 is 11.6 Å². The Morgan fingerprint density at radius 2 is 1.81 bits per heavy atom. The lowest BCUT2D eigenvalue weighted by atomic mass is 9.89. The van der Waals surface area contributed by atoms with Crippen LogP contribution in [0.4, 0.5) is 0 Å². The molecule has 2 aromatic rings. The van der Waals surface area contributed by atoms with E-state index in [4.69, 9.17) is 4.74 Å². The van der Waals surface area contributed by atoms with Crippen molar-refractivity contribution >= 4 is 22.3 Å². The summed E-state index contributed by atoms with van der Waals surface area (Å²) in [4.78, 5) is 24.3. The van der Waals surface area contributed by atoms with Gasteiger partial charge in [-0.15, -0.1) is 0 Å². The molecule has 0 saturated heterocycles. The number of aromatic hydroxyl groups is 2. The van der Waals surface area contributed by atoms with Crippen molar-refractivity contribution < 1.29 is 24.5 Å². The van der Waals surface area contributed by atoms with E-state index in [0.29, 0.717) is 10.9 Å². The average Bonchev–Trinajstić information content (AvgIpc) is 2.46. The highest BCUT2D eigenvalue weighted by Crippen LogP contribution is 2.41. The number of methoxy groups -OCH3 is 1. The summed E-state index contributed by atoms with van der Waals surface area (Å²) in [6, 6.07) is 4.83. The molecule has 0 atom stereocenters. The number of ketones is 2. The molecule has 0 spiro atoms. The molecule has 1 aliphatic rings. The van der Waals surface area contributed by atoms with Crippen molar-refractivity contribution in [1.29, 1.82) is 0 Å². The highest BCUT2D eigenvalue weighted by atomic mass is 16.5. The minimum absolute atomic E-state index is 0.0671. The van der Waals surface area contributed by atoms with Crippen LogP contribution in [-0.4, -0.2) is 28.9 Å². The highest BCUT2D eigenvalue weighted by Gasteiger charge is 2.31. The van der Waals surface area contributed by atoms with Gasteiger partial charge in [0.1, 0.15) is 11.5 Å². The molecule has 21 heavy (non-hydrogen) atoms. The van der Waals surface area contributed by atoms with Gasteiger partial charge in [0.05, 0.1) is 18.1 Å². The SMILES string of the molecule is COC1=CC(=O)c2c(cc3ccc(C)c(O)c3c2O)C1=O. The van der Waals surface area contributed by atoms with Crippen LogP contribution < -0.4 is 0 Å². The molecule has 2 aromatic carbocycles. The summed E-state index contributed by atoms with van der Waals surface area (Å²) in [7, 11) is 1.30. The Labute approximate surface area is 120 Å². The molecule has 0 bridgehead atoms. The first-order valence-electron chi connectivity index (χ1n) is 6.28. The zero-order chi connectivity index (χ0) is 15.3. The van der Waals surface area contributed by atoms with Gasteiger partial charge in [-0.3, -0.25) is 9.59 Å². The van der Waals surface area contributed by atoms with Gasteiger partial charge >= 0.3 is 0 Å². The van der Waals surface area contributed by atoms with Crippen LogP contribution in [0.15, 0.2) is 30.0 Å². The molecule has 0 amide bonds. The van der Waals surface area contributed by atoms with Gasteiger partial charge in [0, 0.05) is 11.6 Å². The predicted octanol–water partition coefficient (Wildman–Crippen LogP) is 2.47. The lowest BCUT2D eigenvalue weighted by Gasteiger charge is -2.17. The smallest absolute Gasteiger partial charge is 0.228 e. The lowest BCUT2D eigenvalue weighted by molar-refractivity contribution is 0.0915. The fourth-order valence-corrected chi connectivity index (χ4v) is 2.53. The first kappa shape index (κ1) is 13.2. The van der Waals surface area contributed by atoms with E-state index in [2.05, 4.69) is 0 Å². The molecule has 0 saturated carbocycles. The number of benzene rings is 2. The molecule has 0 aromatic heterocycles. The number of rotatable bonds is 1. The molecular weight excluding hydrogens is 272 g/mol. The van der Waals surface area contributed by atoms with E-state index >= 15 is 0 Å². The fourth-order valence-electron chi connectivity index (χ4n) is 2.53. The van der Waals surface area contributed by atoms with E-state index in [9.17, 15) is 19.8 Å². The third-order valence-electron chi connectivity index (χ3n) is 3.65. The minimum Gasteiger partial charge on any atom is -0.507 e. The van der Waals surface area contributed by atoms with Gasteiger partial charge in [-0.05, 0) is 23.9 Å². The molecule has 3 rings (SSSR count). The van der Waals surface area contributed by atoms with Crippen molar-refractivity contribution in [3.8, 4) is 11.5 Å². The highest BCUT2D eigenvalue weighted by molar-refractivity contribution is 6.27. The van der Waals surface area contributed by atoms with Crippen LogP contribution in [0, 0.1) is 6.92 Å². The van der Waals surface area contributed by atoms with E-state index in [-0.39, 0.29) is 33.8 Å². The number of allylic oxidation sites excluding steroid dienone is 2.